The van der Waals surface area contributed by atoms with E-state index in [-0.39, 0.29) is 11.2 Å². The van der Waals surface area contributed by atoms with Crippen molar-refractivity contribution in [3.63, 3.8) is 0 Å². The molecular weight excluding hydrogens is 258 g/mol. The van der Waals surface area contributed by atoms with Crippen LogP contribution in [-0.2, 0) is 4.79 Å². The molecule has 1 aromatic rings. The molecule has 94 valence electrons. The van der Waals surface area contributed by atoms with Gasteiger partial charge >= 0.3 is 0 Å². The van der Waals surface area contributed by atoms with Gasteiger partial charge in [-0.1, -0.05) is 6.92 Å². The van der Waals surface area contributed by atoms with E-state index in [1.807, 2.05) is 6.92 Å². The highest BCUT2D eigenvalue weighted by molar-refractivity contribution is 8.00. The van der Waals surface area contributed by atoms with E-state index in [9.17, 15) is 9.59 Å². The van der Waals surface area contributed by atoms with Crippen molar-refractivity contribution in [3.05, 3.63) is 17.0 Å². The lowest BCUT2D eigenvalue weighted by Gasteiger charge is -2.08. The molecule has 0 spiro atoms. The smallest absolute Gasteiger partial charge is 0.251 e. The molecule has 1 unspecified atom stereocenters. The first kappa shape index (κ1) is 14.0. The molecule has 17 heavy (non-hydrogen) atoms. The number of nitrogens with one attached hydrogen (secondary N) is 1. The van der Waals surface area contributed by atoms with Gasteiger partial charge in [-0.25, -0.2) is 0 Å². The summed E-state index contributed by atoms with van der Waals surface area (Å²) in [5.41, 5.74) is 11.0. The maximum Gasteiger partial charge on any atom is 0.251 e. The summed E-state index contributed by atoms with van der Waals surface area (Å²) in [5.74, 6) is -0.376. The van der Waals surface area contributed by atoms with Gasteiger partial charge in [-0.05, 0) is 11.4 Å². The molecule has 0 radical (unpaired) electrons. The highest BCUT2D eigenvalue weighted by atomic mass is 32.2. The molecule has 0 aliphatic heterocycles. The van der Waals surface area contributed by atoms with Crippen LogP contribution in [-0.4, -0.2) is 29.4 Å². The van der Waals surface area contributed by atoms with Crippen molar-refractivity contribution in [2.75, 3.05) is 17.6 Å². The highest BCUT2D eigenvalue weighted by Crippen LogP contribution is 2.23. The average Bonchev–Trinajstić information content (AvgIpc) is 2.74. The standard InChI is InChI=1S/C10H15N3O2S2/c1-6(4-11)17-5-8(14)13-10-7(9(12)15)2-3-16-10/h2-3,6H,4-5,11H2,1H3,(H2,12,15)(H,13,14). The lowest BCUT2D eigenvalue weighted by Crippen LogP contribution is -2.20. The zero-order valence-corrected chi connectivity index (χ0v) is 11.1. The van der Waals surface area contributed by atoms with Crippen LogP contribution < -0.4 is 16.8 Å². The number of hydrogen-bond acceptors (Lipinski definition) is 5. The molecule has 0 aromatic carbocycles. The summed E-state index contributed by atoms with van der Waals surface area (Å²) in [6, 6.07) is 1.60. The predicted molar refractivity (Wildman–Crippen MR) is 72.4 cm³/mol. The van der Waals surface area contributed by atoms with Gasteiger partial charge in [0, 0.05) is 11.8 Å². The minimum absolute atomic E-state index is 0.153. The van der Waals surface area contributed by atoms with Crippen LogP contribution in [0.3, 0.4) is 0 Å². The fraction of sp³-hybridized carbons (Fsp3) is 0.400. The summed E-state index contributed by atoms with van der Waals surface area (Å²) in [6.07, 6.45) is 0. The highest BCUT2D eigenvalue weighted by Gasteiger charge is 2.13. The van der Waals surface area contributed by atoms with Crippen LogP contribution in [0.4, 0.5) is 5.00 Å². The summed E-state index contributed by atoms with van der Waals surface area (Å²) >= 11 is 2.75. The van der Waals surface area contributed by atoms with E-state index in [1.165, 1.54) is 23.1 Å². The molecule has 1 heterocycles. The number of nitrogens with two attached hydrogens (primary N) is 2. The number of thioether (sulfide) groups is 1. The number of carbonyl (C=O) groups is 2. The molecule has 5 nitrogen and oxygen atoms in total. The molecule has 1 rings (SSSR count). The molecule has 0 fully saturated rings. The monoisotopic (exact) mass is 273 g/mol. The van der Waals surface area contributed by atoms with Crippen LogP contribution in [0.15, 0.2) is 11.4 Å². The Balaban J connectivity index is 2.51. The molecule has 1 atom stereocenters. The van der Waals surface area contributed by atoms with Crippen LogP contribution in [0.1, 0.15) is 17.3 Å². The Hall–Kier alpha value is -1.05. The topological polar surface area (TPSA) is 98.2 Å². The minimum atomic E-state index is -0.537. The summed E-state index contributed by atoms with van der Waals surface area (Å²) < 4.78 is 0. The van der Waals surface area contributed by atoms with E-state index in [0.717, 1.165) is 0 Å². The number of rotatable bonds is 6. The maximum atomic E-state index is 11.6. The first-order valence-corrected chi connectivity index (χ1v) is 6.96. The Bertz CT molecular complexity index is 406. The SMILES string of the molecule is CC(CN)SCC(=O)Nc1sccc1C(N)=O. The van der Waals surface area contributed by atoms with Crippen molar-refractivity contribution >= 4 is 39.9 Å². The Morgan fingerprint density at radius 3 is 2.88 bits per heavy atom. The van der Waals surface area contributed by atoms with Gasteiger partial charge in [-0.2, -0.15) is 0 Å². The largest absolute Gasteiger partial charge is 0.366 e. The second-order valence-electron chi connectivity index (χ2n) is 3.43. The number of primary amides is 1. The fourth-order valence-electron chi connectivity index (χ4n) is 1.05. The molecule has 0 aliphatic carbocycles. The van der Waals surface area contributed by atoms with E-state index in [0.29, 0.717) is 22.9 Å². The van der Waals surface area contributed by atoms with Crippen molar-refractivity contribution in [1.82, 2.24) is 0 Å². The van der Waals surface area contributed by atoms with Crippen LogP contribution in [0.2, 0.25) is 0 Å². The number of carbonyl (C=O) groups excluding carboxylic acids is 2. The van der Waals surface area contributed by atoms with Crippen molar-refractivity contribution < 1.29 is 9.59 Å². The van der Waals surface area contributed by atoms with Crippen molar-refractivity contribution in [2.45, 2.75) is 12.2 Å². The average molecular weight is 273 g/mol. The molecule has 0 saturated carbocycles. The maximum absolute atomic E-state index is 11.6. The first-order chi connectivity index (χ1) is 8.04. The number of thiophene rings is 1. The van der Waals surface area contributed by atoms with Crippen LogP contribution >= 0.6 is 23.1 Å². The Morgan fingerprint density at radius 2 is 2.29 bits per heavy atom. The summed E-state index contributed by atoms with van der Waals surface area (Å²) in [4.78, 5) is 22.6. The normalized spacial score (nSPS) is 12.1. The second kappa shape index (κ2) is 6.63. The summed E-state index contributed by atoms with van der Waals surface area (Å²) in [6.45, 7) is 2.49. The van der Waals surface area contributed by atoms with Crippen molar-refractivity contribution in [3.8, 4) is 0 Å². The van der Waals surface area contributed by atoms with Crippen LogP contribution in [0.25, 0.3) is 0 Å². The van der Waals surface area contributed by atoms with Crippen LogP contribution in [0, 0.1) is 0 Å². The predicted octanol–water partition coefficient (Wildman–Crippen LogP) is 0.866. The molecular formula is C10H15N3O2S2. The van der Waals surface area contributed by atoms with Gasteiger partial charge in [0.1, 0.15) is 5.00 Å². The first-order valence-electron chi connectivity index (χ1n) is 5.03. The quantitative estimate of drug-likeness (QED) is 0.716. The number of anilines is 1. The number of hydrogen-bond donors (Lipinski definition) is 3. The molecule has 2 amide bonds. The Morgan fingerprint density at radius 1 is 1.59 bits per heavy atom. The number of amides is 2. The lowest BCUT2D eigenvalue weighted by atomic mass is 10.3. The van der Waals surface area contributed by atoms with Gasteiger partial charge in [0.15, 0.2) is 0 Å². The summed E-state index contributed by atoms with van der Waals surface area (Å²) in [7, 11) is 0. The van der Waals surface area contributed by atoms with E-state index in [2.05, 4.69) is 5.32 Å². The third kappa shape index (κ3) is 4.37. The Labute approximate surface area is 108 Å². The van der Waals surface area contributed by atoms with Crippen LogP contribution in [0.5, 0.6) is 0 Å². The zero-order chi connectivity index (χ0) is 12.8. The van der Waals surface area contributed by atoms with E-state index < -0.39 is 5.91 Å². The molecule has 0 bridgehead atoms. The Kier molecular flexibility index (Phi) is 5.46. The fourth-order valence-corrected chi connectivity index (χ4v) is 2.50. The molecule has 1 aromatic heterocycles. The van der Waals surface area contributed by atoms with E-state index >= 15 is 0 Å². The van der Waals surface area contributed by atoms with Gasteiger partial charge in [0.05, 0.1) is 11.3 Å². The van der Waals surface area contributed by atoms with Gasteiger partial charge in [-0.15, -0.1) is 23.1 Å². The molecule has 0 aliphatic rings. The third-order valence-electron chi connectivity index (χ3n) is 2.01. The van der Waals surface area contributed by atoms with Gasteiger partial charge in [-0.3, -0.25) is 9.59 Å². The zero-order valence-electron chi connectivity index (χ0n) is 9.43. The van der Waals surface area contributed by atoms with Crippen molar-refractivity contribution in [1.29, 1.82) is 0 Å². The van der Waals surface area contributed by atoms with Gasteiger partial charge in [0.25, 0.3) is 5.91 Å². The minimum Gasteiger partial charge on any atom is -0.366 e. The molecule has 7 heteroatoms. The summed E-state index contributed by atoms with van der Waals surface area (Å²) in [5, 5.41) is 5.12. The lowest BCUT2D eigenvalue weighted by molar-refractivity contribution is -0.113. The molecule has 0 saturated heterocycles. The third-order valence-corrected chi connectivity index (χ3v) is 4.03. The molecule has 5 N–H and O–H groups in total. The van der Waals surface area contributed by atoms with Crippen molar-refractivity contribution in [2.24, 2.45) is 11.5 Å². The van der Waals surface area contributed by atoms with E-state index in [4.69, 9.17) is 11.5 Å². The van der Waals surface area contributed by atoms with Gasteiger partial charge in [0.2, 0.25) is 5.91 Å². The second-order valence-corrected chi connectivity index (χ2v) is 5.78. The van der Waals surface area contributed by atoms with E-state index in [1.54, 1.807) is 11.4 Å². The van der Waals surface area contributed by atoms with Gasteiger partial charge < -0.3 is 16.8 Å².